The Bertz CT molecular complexity index is 159. The van der Waals surface area contributed by atoms with Crippen molar-refractivity contribution in [1.82, 2.24) is 5.32 Å². The van der Waals surface area contributed by atoms with Crippen LogP contribution in [0.1, 0.15) is 33.6 Å². The van der Waals surface area contributed by atoms with Gasteiger partial charge in [-0.1, -0.05) is 0 Å². The molecule has 0 radical (unpaired) electrons. The minimum Gasteiger partial charge on any atom is -0.466 e. The minimum absolute atomic E-state index is 0.0668. The highest BCUT2D eigenvalue weighted by Crippen LogP contribution is 1.94. The molecule has 0 spiro atoms. The quantitative estimate of drug-likeness (QED) is 0.472. The molecule has 4 heteroatoms. The number of carbonyl (C=O) groups is 1. The lowest BCUT2D eigenvalue weighted by atomic mass is 10.2. The maximum Gasteiger partial charge on any atom is 0.305 e. The Morgan fingerprint density at radius 3 is 2.64 bits per heavy atom. The van der Waals surface area contributed by atoms with E-state index >= 15 is 0 Å². The molecular formula is C10H21NO3. The fourth-order valence-corrected chi connectivity index (χ4v) is 0.966. The SMILES string of the molecule is CCOC(=O)CCCNC(C)C(C)O. The zero-order valence-electron chi connectivity index (χ0n) is 9.25. The third kappa shape index (κ3) is 6.86. The molecule has 0 aliphatic carbocycles. The molecule has 14 heavy (non-hydrogen) atoms. The monoisotopic (exact) mass is 203 g/mol. The zero-order valence-corrected chi connectivity index (χ0v) is 9.25. The van der Waals surface area contributed by atoms with Crippen LogP contribution in [-0.2, 0) is 9.53 Å². The predicted molar refractivity (Wildman–Crippen MR) is 55.0 cm³/mol. The number of hydrogen-bond donors (Lipinski definition) is 2. The van der Waals surface area contributed by atoms with Crippen molar-refractivity contribution in [2.24, 2.45) is 0 Å². The van der Waals surface area contributed by atoms with Crippen LogP contribution in [0.3, 0.4) is 0 Å². The van der Waals surface area contributed by atoms with Crippen molar-refractivity contribution in [2.75, 3.05) is 13.2 Å². The van der Waals surface area contributed by atoms with E-state index in [2.05, 4.69) is 5.32 Å². The summed E-state index contributed by atoms with van der Waals surface area (Å²) in [4.78, 5) is 10.9. The highest BCUT2D eigenvalue weighted by molar-refractivity contribution is 5.69. The molecule has 0 amide bonds. The first-order valence-corrected chi connectivity index (χ1v) is 5.15. The molecular weight excluding hydrogens is 182 g/mol. The van der Waals surface area contributed by atoms with Gasteiger partial charge in [-0.2, -0.15) is 0 Å². The molecule has 0 bridgehead atoms. The van der Waals surface area contributed by atoms with E-state index in [0.29, 0.717) is 13.0 Å². The number of esters is 1. The maximum atomic E-state index is 10.9. The van der Waals surface area contributed by atoms with Gasteiger partial charge in [0.05, 0.1) is 12.7 Å². The Hall–Kier alpha value is -0.610. The third-order valence-electron chi connectivity index (χ3n) is 2.05. The molecule has 2 unspecified atom stereocenters. The van der Waals surface area contributed by atoms with E-state index in [-0.39, 0.29) is 18.1 Å². The van der Waals surface area contributed by atoms with Crippen LogP contribution in [0.5, 0.6) is 0 Å². The van der Waals surface area contributed by atoms with Crippen LogP contribution in [0.25, 0.3) is 0 Å². The van der Waals surface area contributed by atoms with Gasteiger partial charge in [0.2, 0.25) is 0 Å². The lowest BCUT2D eigenvalue weighted by molar-refractivity contribution is -0.143. The number of aliphatic hydroxyl groups excluding tert-OH is 1. The van der Waals surface area contributed by atoms with Crippen LogP contribution in [0.2, 0.25) is 0 Å². The number of hydrogen-bond acceptors (Lipinski definition) is 4. The van der Waals surface area contributed by atoms with E-state index < -0.39 is 0 Å². The van der Waals surface area contributed by atoms with Crippen molar-refractivity contribution >= 4 is 5.97 Å². The molecule has 0 aromatic heterocycles. The Morgan fingerprint density at radius 2 is 2.14 bits per heavy atom. The second-order valence-corrected chi connectivity index (χ2v) is 3.39. The summed E-state index contributed by atoms with van der Waals surface area (Å²) >= 11 is 0. The molecule has 2 N–H and O–H groups in total. The summed E-state index contributed by atoms with van der Waals surface area (Å²) in [5, 5.41) is 12.3. The highest BCUT2D eigenvalue weighted by Gasteiger charge is 2.07. The van der Waals surface area contributed by atoms with Crippen LogP contribution in [0.15, 0.2) is 0 Å². The fourth-order valence-electron chi connectivity index (χ4n) is 0.966. The number of carbonyl (C=O) groups excluding carboxylic acids is 1. The van der Waals surface area contributed by atoms with Crippen LogP contribution in [0, 0.1) is 0 Å². The maximum absolute atomic E-state index is 10.9. The Morgan fingerprint density at radius 1 is 1.50 bits per heavy atom. The van der Waals surface area contributed by atoms with Gasteiger partial charge in [0, 0.05) is 12.5 Å². The van der Waals surface area contributed by atoms with Gasteiger partial charge >= 0.3 is 5.97 Å². The summed E-state index contributed by atoms with van der Waals surface area (Å²) in [5.41, 5.74) is 0. The van der Waals surface area contributed by atoms with Crippen LogP contribution in [-0.4, -0.2) is 36.4 Å². The fraction of sp³-hybridized carbons (Fsp3) is 0.900. The number of aliphatic hydroxyl groups is 1. The largest absolute Gasteiger partial charge is 0.466 e. The Kier molecular flexibility index (Phi) is 7.42. The van der Waals surface area contributed by atoms with E-state index in [1.165, 1.54) is 0 Å². The van der Waals surface area contributed by atoms with E-state index in [1.54, 1.807) is 13.8 Å². The first kappa shape index (κ1) is 13.4. The molecule has 0 rings (SSSR count). The average molecular weight is 203 g/mol. The van der Waals surface area contributed by atoms with Gasteiger partial charge in [0.25, 0.3) is 0 Å². The minimum atomic E-state index is -0.363. The van der Waals surface area contributed by atoms with Gasteiger partial charge in [0.1, 0.15) is 0 Å². The smallest absolute Gasteiger partial charge is 0.305 e. The molecule has 0 saturated heterocycles. The molecule has 0 aromatic rings. The second-order valence-electron chi connectivity index (χ2n) is 3.39. The van der Waals surface area contributed by atoms with E-state index in [0.717, 1.165) is 13.0 Å². The summed E-state index contributed by atoms with van der Waals surface area (Å²) in [5.74, 6) is -0.154. The molecule has 0 aromatic carbocycles. The van der Waals surface area contributed by atoms with Gasteiger partial charge in [-0.15, -0.1) is 0 Å². The standard InChI is InChI=1S/C10H21NO3/c1-4-14-10(13)6-5-7-11-8(2)9(3)12/h8-9,11-12H,4-7H2,1-3H3. The third-order valence-corrected chi connectivity index (χ3v) is 2.05. The second kappa shape index (κ2) is 7.76. The predicted octanol–water partition coefficient (Wildman–Crippen LogP) is 0.689. The lowest BCUT2D eigenvalue weighted by Crippen LogP contribution is -2.36. The van der Waals surface area contributed by atoms with E-state index in [4.69, 9.17) is 9.84 Å². The van der Waals surface area contributed by atoms with Gasteiger partial charge in [-0.25, -0.2) is 0 Å². The molecule has 84 valence electrons. The van der Waals surface area contributed by atoms with Gasteiger partial charge in [-0.3, -0.25) is 4.79 Å². The molecule has 2 atom stereocenters. The summed E-state index contributed by atoms with van der Waals surface area (Å²) in [6, 6.07) is 0.0668. The summed E-state index contributed by atoms with van der Waals surface area (Å²) in [6.07, 6.45) is 0.820. The molecule has 0 fully saturated rings. The normalized spacial score (nSPS) is 14.9. The van der Waals surface area contributed by atoms with Crippen molar-refractivity contribution in [3.63, 3.8) is 0 Å². The first-order chi connectivity index (χ1) is 6.57. The summed E-state index contributed by atoms with van der Waals surface area (Å²) in [6.45, 7) is 6.62. The van der Waals surface area contributed by atoms with Crippen molar-refractivity contribution in [3.05, 3.63) is 0 Å². The highest BCUT2D eigenvalue weighted by atomic mass is 16.5. The topological polar surface area (TPSA) is 58.6 Å². The van der Waals surface area contributed by atoms with Crippen molar-refractivity contribution in [1.29, 1.82) is 0 Å². The summed E-state index contributed by atoms with van der Waals surface area (Å²) < 4.78 is 4.78. The molecule has 0 aliphatic heterocycles. The molecule has 0 heterocycles. The number of rotatable bonds is 7. The van der Waals surface area contributed by atoms with Gasteiger partial charge in [-0.05, 0) is 33.7 Å². The first-order valence-electron chi connectivity index (χ1n) is 5.15. The Labute approximate surface area is 85.6 Å². The number of nitrogens with one attached hydrogen (secondary N) is 1. The van der Waals surface area contributed by atoms with Crippen LogP contribution < -0.4 is 5.32 Å². The van der Waals surface area contributed by atoms with E-state index in [1.807, 2.05) is 6.92 Å². The van der Waals surface area contributed by atoms with Gasteiger partial charge < -0.3 is 15.2 Å². The zero-order chi connectivity index (χ0) is 11.0. The van der Waals surface area contributed by atoms with Crippen molar-refractivity contribution in [3.8, 4) is 0 Å². The van der Waals surface area contributed by atoms with Crippen molar-refractivity contribution < 1.29 is 14.6 Å². The molecule has 0 aliphatic rings. The Balaban J connectivity index is 3.33. The average Bonchev–Trinajstić information content (AvgIpc) is 2.12. The number of ether oxygens (including phenoxy) is 1. The van der Waals surface area contributed by atoms with E-state index in [9.17, 15) is 4.79 Å². The lowest BCUT2D eigenvalue weighted by Gasteiger charge is -2.15. The summed E-state index contributed by atoms with van der Waals surface area (Å²) in [7, 11) is 0. The van der Waals surface area contributed by atoms with Gasteiger partial charge in [0.15, 0.2) is 0 Å². The molecule has 0 saturated carbocycles. The van der Waals surface area contributed by atoms with Crippen LogP contribution >= 0.6 is 0 Å². The molecule has 4 nitrogen and oxygen atoms in total. The van der Waals surface area contributed by atoms with Crippen molar-refractivity contribution in [2.45, 2.75) is 45.8 Å². The van der Waals surface area contributed by atoms with Crippen LogP contribution in [0.4, 0.5) is 0 Å².